The normalized spacial score (nSPS) is 10.9. The van der Waals surface area contributed by atoms with Crippen molar-refractivity contribution in [2.45, 2.75) is 25.9 Å². The average molecular weight is 172 g/mol. The molecule has 0 aromatic rings. The fraction of sp³-hybridized carbons (Fsp3) is 0.667. The van der Waals surface area contributed by atoms with Gasteiger partial charge in [0.15, 0.2) is 6.17 Å². The summed E-state index contributed by atoms with van der Waals surface area (Å²) in [6.07, 6.45) is 1.71. The molecule has 0 aromatic heterocycles. The van der Waals surface area contributed by atoms with Crippen LogP contribution in [0.3, 0.4) is 0 Å². The molecule has 0 saturated carbocycles. The SMILES string of the molecule is CCCC(N=C=S)N=C=S. The fourth-order valence-corrected chi connectivity index (χ4v) is 0.781. The second-order valence-electron chi connectivity index (χ2n) is 1.71. The highest BCUT2D eigenvalue weighted by molar-refractivity contribution is 7.78. The standard InChI is InChI=1S/C6H8N2S2/c1-2-3-6(7-4-9)8-5-10/h6H,2-3H2,1H3. The van der Waals surface area contributed by atoms with E-state index in [2.05, 4.69) is 44.7 Å². The van der Waals surface area contributed by atoms with E-state index in [0.717, 1.165) is 12.8 Å². The first-order chi connectivity index (χ1) is 4.85. The molecule has 0 N–H and O–H groups in total. The van der Waals surface area contributed by atoms with E-state index in [1.54, 1.807) is 0 Å². The maximum absolute atomic E-state index is 4.42. The van der Waals surface area contributed by atoms with Gasteiger partial charge in [0, 0.05) is 0 Å². The molecule has 0 rings (SSSR count). The van der Waals surface area contributed by atoms with Crippen molar-refractivity contribution in [1.29, 1.82) is 0 Å². The Labute approximate surface area is 71.1 Å². The molecule has 0 atom stereocenters. The van der Waals surface area contributed by atoms with Crippen LogP contribution in [0.2, 0.25) is 0 Å². The number of thiocarbonyl (C=S) groups is 2. The molecule has 0 spiro atoms. The average Bonchev–Trinajstić information content (AvgIpc) is 1.90. The highest BCUT2D eigenvalue weighted by Crippen LogP contribution is 2.00. The van der Waals surface area contributed by atoms with E-state index in [4.69, 9.17) is 0 Å². The van der Waals surface area contributed by atoms with E-state index >= 15 is 0 Å². The van der Waals surface area contributed by atoms with Crippen molar-refractivity contribution >= 4 is 34.8 Å². The Morgan fingerprint density at radius 3 is 2.10 bits per heavy atom. The van der Waals surface area contributed by atoms with E-state index in [0.29, 0.717) is 0 Å². The highest BCUT2D eigenvalue weighted by atomic mass is 32.1. The van der Waals surface area contributed by atoms with Crippen molar-refractivity contribution in [2.75, 3.05) is 0 Å². The zero-order valence-corrected chi connectivity index (χ0v) is 7.34. The Hall–Kier alpha value is -0.400. The molecule has 0 aliphatic heterocycles. The van der Waals surface area contributed by atoms with E-state index in [1.165, 1.54) is 0 Å². The van der Waals surface area contributed by atoms with Gasteiger partial charge in [-0.05, 0) is 30.9 Å². The maximum atomic E-state index is 4.42. The zero-order chi connectivity index (χ0) is 7.82. The molecule has 10 heavy (non-hydrogen) atoms. The van der Waals surface area contributed by atoms with Crippen molar-refractivity contribution in [2.24, 2.45) is 9.98 Å². The summed E-state index contributed by atoms with van der Waals surface area (Å²) in [5.74, 6) is 0. The molecular formula is C6H8N2S2. The molecule has 0 aliphatic carbocycles. The lowest BCUT2D eigenvalue weighted by Gasteiger charge is -1.98. The van der Waals surface area contributed by atoms with Crippen molar-refractivity contribution in [3.63, 3.8) is 0 Å². The van der Waals surface area contributed by atoms with Crippen LogP contribution in [0.15, 0.2) is 9.98 Å². The molecule has 0 unspecified atom stereocenters. The van der Waals surface area contributed by atoms with E-state index < -0.39 is 0 Å². The summed E-state index contributed by atoms with van der Waals surface area (Å²) >= 11 is 8.84. The molecule has 0 fully saturated rings. The Bertz CT molecular complexity index is 160. The molecule has 2 nitrogen and oxygen atoms in total. The summed E-state index contributed by atoms with van der Waals surface area (Å²) < 4.78 is 0. The summed E-state index contributed by atoms with van der Waals surface area (Å²) in [6, 6.07) is 0. The first kappa shape index (κ1) is 9.60. The van der Waals surface area contributed by atoms with Gasteiger partial charge in [0.1, 0.15) is 0 Å². The maximum Gasteiger partial charge on any atom is 0.160 e. The van der Waals surface area contributed by atoms with Crippen molar-refractivity contribution in [3.05, 3.63) is 0 Å². The minimum Gasteiger partial charge on any atom is -0.204 e. The lowest BCUT2D eigenvalue weighted by molar-refractivity contribution is 0.639. The number of rotatable bonds is 4. The van der Waals surface area contributed by atoms with Gasteiger partial charge in [-0.25, -0.2) is 9.98 Å². The number of hydrogen-bond acceptors (Lipinski definition) is 4. The summed E-state index contributed by atoms with van der Waals surface area (Å²) in [4.78, 5) is 7.55. The second kappa shape index (κ2) is 6.72. The molecule has 0 bridgehead atoms. The van der Waals surface area contributed by atoms with Crippen molar-refractivity contribution in [1.82, 2.24) is 0 Å². The van der Waals surface area contributed by atoms with Crippen LogP contribution in [-0.2, 0) is 0 Å². The van der Waals surface area contributed by atoms with Crippen LogP contribution in [0, 0.1) is 0 Å². The molecule has 0 saturated heterocycles. The second-order valence-corrected chi connectivity index (χ2v) is 2.08. The molecule has 0 radical (unpaired) electrons. The van der Waals surface area contributed by atoms with Gasteiger partial charge >= 0.3 is 0 Å². The molecule has 4 heteroatoms. The van der Waals surface area contributed by atoms with Gasteiger partial charge in [0.2, 0.25) is 0 Å². The topological polar surface area (TPSA) is 24.7 Å². The van der Waals surface area contributed by atoms with Gasteiger partial charge in [0.25, 0.3) is 0 Å². The summed E-state index contributed by atoms with van der Waals surface area (Å²) in [5, 5.41) is 4.53. The fourth-order valence-electron chi connectivity index (χ4n) is 0.538. The van der Waals surface area contributed by atoms with Gasteiger partial charge < -0.3 is 0 Å². The monoisotopic (exact) mass is 172 g/mol. The van der Waals surface area contributed by atoms with Gasteiger partial charge in [-0.3, -0.25) is 0 Å². The van der Waals surface area contributed by atoms with Crippen molar-refractivity contribution < 1.29 is 0 Å². The van der Waals surface area contributed by atoms with Gasteiger partial charge in [-0.1, -0.05) is 13.3 Å². The third-order valence-electron chi connectivity index (χ3n) is 0.950. The molecular weight excluding hydrogens is 164 g/mol. The lowest BCUT2D eigenvalue weighted by atomic mass is 10.3. The quantitative estimate of drug-likeness (QED) is 0.480. The third-order valence-corrected chi connectivity index (χ3v) is 1.16. The van der Waals surface area contributed by atoms with Crippen LogP contribution in [0.1, 0.15) is 19.8 Å². The smallest absolute Gasteiger partial charge is 0.160 e. The van der Waals surface area contributed by atoms with Crippen LogP contribution in [0.25, 0.3) is 0 Å². The number of hydrogen-bond donors (Lipinski definition) is 0. The molecule has 0 aromatic carbocycles. The van der Waals surface area contributed by atoms with E-state index in [-0.39, 0.29) is 6.17 Å². The molecule has 54 valence electrons. The van der Waals surface area contributed by atoms with E-state index in [1.807, 2.05) is 6.92 Å². The first-order valence-electron chi connectivity index (χ1n) is 2.99. The molecule has 0 amide bonds. The van der Waals surface area contributed by atoms with Crippen LogP contribution < -0.4 is 0 Å². The lowest BCUT2D eigenvalue weighted by Crippen LogP contribution is -1.97. The number of nitrogens with zero attached hydrogens (tertiary/aromatic N) is 2. The predicted molar refractivity (Wildman–Crippen MR) is 48.7 cm³/mol. The van der Waals surface area contributed by atoms with Gasteiger partial charge in [-0.15, -0.1) is 0 Å². The molecule has 0 heterocycles. The minimum absolute atomic E-state index is 0.153. The van der Waals surface area contributed by atoms with E-state index in [9.17, 15) is 0 Å². The third kappa shape index (κ3) is 4.48. The van der Waals surface area contributed by atoms with Crippen LogP contribution >= 0.6 is 24.4 Å². The summed E-state index contributed by atoms with van der Waals surface area (Å²) in [5.41, 5.74) is 0. The Morgan fingerprint density at radius 2 is 1.80 bits per heavy atom. The first-order valence-corrected chi connectivity index (χ1v) is 3.80. The highest BCUT2D eigenvalue weighted by Gasteiger charge is 1.98. The van der Waals surface area contributed by atoms with Crippen LogP contribution in [-0.4, -0.2) is 16.5 Å². The van der Waals surface area contributed by atoms with Crippen LogP contribution in [0.4, 0.5) is 0 Å². The zero-order valence-electron chi connectivity index (χ0n) is 5.70. The van der Waals surface area contributed by atoms with Gasteiger partial charge in [0.05, 0.1) is 10.3 Å². The number of aliphatic imine (C=N–C) groups is 2. The summed E-state index contributed by atoms with van der Waals surface area (Å²) in [7, 11) is 0. The Balaban J connectivity index is 3.96. The molecule has 0 aliphatic rings. The van der Waals surface area contributed by atoms with Crippen LogP contribution in [0.5, 0.6) is 0 Å². The van der Waals surface area contributed by atoms with Crippen molar-refractivity contribution in [3.8, 4) is 0 Å². The summed E-state index contributed by atoms with van der Waals surface area (Å²) in [6.45, 7) is 2.05. The number of isothiocyanates is 2. The Kier molecular flexibility index (Phi) is 6.45. The largest absolute Gasteiger partial charge is 0.204 e. The Morgan fingerprint density at radius 1 is 1.30 bits per heavy atom. The predicted octanol–water partition coefficient (Wildman–Crippen LogP) is 2.32. The minimum atomic E-state index is -0.153. The van der Waals surface area contributed by atoms with Gasteiger partial charge in [-0.2, -0.15) is 0 Å².